The second-order valence-corrected chi connectivity index (χ2v) is 5.56. The van der Waals surface area contributed by atoms with Gasteiger partial charge in [-0.3, -0.25) is 0 Å². The fraction of sp³-hybridized carbons (Fsp3) is 0.273. The average molecular weight is 304 g/mol. The van der Waals surface area contributed by atoms with Gasteiger partial charge in [0.05, 0.1) is 27.0 Å². The number of nitrogens with two attached hydrogens (primary N) is 1. The third-order valence-corrected chi connectivity index (χ3v) is 3.77. The van der Waals surface area contributed by atoms with Crippen molar-refractivity contribution in [1.82, 2.24) is 10.1 Å². The van der Waals surface area contributed by atoms with Gasteiger partial charge in [0.15, 0.2) is 5.82 Å². The highest BCUT2D eigenvalue weighted by Crippen LogP contribution is 2.36. The standard InChI is InChI=1S/C11H11Cl2N3OS/c1-2-18-5-8-15-11(17-16-8)9-6(12)3-4-7(13)10(9)14/h3-4H,2,5,14H2,1H3. The lowest BCUT2D eigenvalue weighted by atomic mass is 10.2. The van der Waals surface area contributed by atoms with Gasteiger partial charge < -0.3 is 10.3 Å². The van der Waals surface area contributed by atoms with Crippen LogP contribution < -0.4 is 5.73 Å². The lowest BCUT2D eigenvalue weighted by Crippen LogP contribution is -1.93. The van der Waals surface area contributed by atoms with Crippen LogP contribution in [0.4, 0.5) is 5.69 Å². The van der Waals surface area contributed by atoms with E-state index < -0.39 is 0 Å². The van der Waals surface area contributed by atoms with E-state index in [-0.39, 0.29) is 0 Å². The SMILES string of the molecule is CCSCc1noc(-c2c(Cl)ccc(Cl)c2N)n1. The molecule has 0 unspecified atom stereocenters. The van der Waals surface area contributed by atoms with E-state index in [4.69, 9.17) is 33.5 Å². The zero-order valence-corrected chi connectivity index (χ0v) is 11.9. The molecule has 0 aliphatic carbocycles. The fourth-order valence-electron chi connectivity index (χ4n) is 1.39. The molecule has 0 spiro atoms. The van der Waals surface area contributed by atoms with E-state index in [9.17, 15) is 0 Å². The Kier molecular flexibility index (Phi) is 4.37. The predicted molar refractivity (Wildman–Crippen MR) is 76.0 cm³/mol. The smallest absolute Gasteiger partial charge is 0.261 e. The first-order valence-corrected chi connectivity index (χ1v) is 7.18. The van der Waals surface area contributed by atoms with Crippen molar-refractivity contribution in [2.45, 2.75) is 12.7 Å². The summed E-state index contributed by atoms with van der Waals surface area (Å²) in [6.45, 7) is 2.07. The third kappa shape index (κ3) is 2.74. The summed E-state index contributed by atoms with van der Waals surface area (Å²) >= 11 is 13.7. The number of hydrogen-bond donors (Lipinski definition) is 1. The van der Waals surface area contributed by atoms with Crippen molar-refractivity contribution in [2.75, 3.05) is 11.5 Å². The number of benzene rings is 1. The molecule has 1 aromatic heterocycles. The largest absolute Gasteiger partial charge is 0.397 e. The van der Waals surface area contributed by atoms with E-state index in [1.165, 1.54) is 0 Å². The van der Waals surface area contributed by atoms with Gasteiger partial charge in [0.1, 0.15) is 0 Å². The summed E-state index contributed by atoms with van der Waals surface area (Å²) in [5, 5.41) is 4.73. The van der Waals surface area contributed by atoms with Gasteiger partial charge in [0, 0.05) is 0 Å². The first kappa shape index (κ1) is 13.5. The summed E-state index contributed by atoms with van der Waals surface area (Å²) < 4.78 is 5.17. The van der Waals surface area contributed by atoms with Gasteiger partial charge in [-0.05, 0) is 17.9 Å². The van der Waals surface area contributed by atoms with Crippen LogP contribution in [0.3, 0.4) is 0 Å². The minimum atomic E-state index is 0.298. The maximum Gasteiger partial charge on any atom is 0.261 e. The number of halogens is 2. The van der Waals surface area contributed by atoms with Gasteiger partial charge in [-0.1, -0.05) is 35.3 Å². The van der Waals surface area contributed by atoms with E-state index in [1.807, 2.05) is 0 Å². The molecular formula is C11H11Cl2N3OS. The Bertz CT molecular complexity index is 559. The minimum absolute atomic E-state index is 0.298. The van der Waals surface area contributed by atoms with E-state index in [0.29, 0.717) is 38.8 Å². The summed E-state index contributed by atoms with van der Waals surface area (Å²) in [4.78, 5) is 4.26. The van der Waals surface area contributed by atoms with E-state index >= 15 is 0 Å². The Morgan fingerprint density at radius 2 is 2.06 bits per heavy atom. The number of aromatic nitrogens is 2. The third-order valence-electron chi connectivity index (χ3n) is 2.26. The molecule has 4 nitrogen and oxygen atoms in total. The molecule has 0 saturated carbocycles. The number of anilines is 1. The molecule has 18 heavy (non-hydrogen) atoms. The van der Waals surface area contributed by atoms with Gasteiger partial charge in [-0.15, -0.1) is 0 Å². The minimum Gasteiger partial charge on any atom is -0.397 e. The Morgan fingerprint density at radius 3 is 2.78 bits per heavy atom. The van der Waals surface area contributed by atoms with E-state index in [0.717, 1.165) is 5.75 Å². The molecule has 96 valence electrons. The van der Waals surface area contributed by atoms with Crippen LogP contribution in [0.5, 0.6) is 0 Å². The number of nitrogen functional groups attached to an aromatic ring is 1. The summed E-state index contributed by atoms with van der Waals surface area (Å²) in [5.41, 5.74) is 6.72. The number of nitrogens with zero attached hydrogens (tertiary/aromatic N) is 2. The van der Waals surface area contributed by atoms with Crippen LogP contribution in [0.25, 0.3) is 11.5 Å². The zero-order chi connectivity index (χ0) is 13.1. The molecule has 0 atom stereocenters. The quantitative estimate of drug-likeness (QED) is 0.868. The Morgan fingerprint density at radius 1 is 1.33 bits per heavy atom. The Hall–Kier alpha value is -0.910. The normalized spacial score (nSPS) is 10.8. The second-order valence-electron chi connectivity index (χ2n) is 3.47. The molecular weight excluding hydrogens is 293 g/mol. The van der Waals surface area contributed by atoms with Crippen LogP contribution >= 0.6 is 35.0 Å². The molecule has 0 aliphatic rings. The Labute approximate surface area is 119 Å². The van der Waals surface area contributed by atoms with Gasteiger partial charge in [0.2, 0.25) is 0 Å². The highest BCUT2D eigenvalue weighted by molar-refractivity contribution is 7.98. The maximum atomic E-state index is 6.08. The summed E-state index contributed by atoms with van der Waals surface area (Å²) in [6, 6.07) is 3.28. The lowest BCUT2D eigenvalue weighted by Gasteiger charge is -2.04. The van der Waals surface area contributed by atoms with Crippen molar-refractivity contribution in [3.8, 4) is 11.5 Å². The molecule has 2 N–H and O–H groups in total. The van der Waals surface area contributed by atoms with Crippen LogP contribution in [0.1, 0.15) is 12.7 Å². The highest BCUT2D eigenvalue weighted by atomic mass is 35.5. The Balaban J connectivity index is 2.37. The summed E-state index contributed by atoms with van der Waals surface area (Å²) in [5.74, 6) is 2.60. The molecule has 1 heterocycles. The number of hydrogen-bond acceptors (Lipinski definition) is 5. The van der Waals surface area contributed by atoms with Crippen LogP contribution in [0.2, 0.25) is 10.0 Å². The molecule has 0 saturated heterocycles. The van der Waals surface area contributed by atoms with Crippen LogP contribution in [-0.2, 0) is 5.75 Å². The topological polar surface area (TPSA) is 64.9 Å². The van der Waals surface area contributed by atoms with Crippen molar-refractivity contribution in [2.24, 2.45) is 0 Å². The molecule has 2 rings (SSSR count). The molecule has 7 heteroatoms. The molecule has 0 bridgehead atoms. The molecule has 0 amide bonds. The second kappa shape index (κ2) is 5.82. The van der Waals surface area contributed by atoms with Crippen molar-refractivity contribution < 1.29 is 4.52 Å². The van der Waals surface area contributed by atoms with Crippen LogP contribution in [0.15, 0.2) is 16.7 Å². The number of thioether (sulfide) groups is 1. The van der Waals surface area contributed by atoms with Gasteiger partial charge >= 0.3 is 0 Å². The van der Waals surface area contributed by atoms with Crippen molar-refractivity contribution in [3.05, 3.63) is 28.0 Å². The lowest BCUT2D eigenvalue weighted by molar-refractivity contribution is 0.425. The van der Waals surface area contributed by atoms with Crippen LogP contribution in [-0.4, -0.2) is 15.9 Å². The van der Waals surface area contributed by atoms with Crippen molar-refractivity contribution in [3.63, 3.8) is 0 Å². The average Bonchev–Trinajstić information content (AvgIpc) is 2.80. The zero-order valence-electron chi connectivity index (χ0n) is 9.61. The van der Waals surface area contributed by atoms with Crippen LogP contribution in [0, 0.1) is 0 Å². The van der Waals surface area contributed by atoms with Gasteiger partial charge in [-0.25, -0.2) is 0 Å². The van der Waals surface area contributed by atoms with Crippen molar-refractivity contribution in [1.29, 1.82) is 0 Å². The van der Waals surface area contributed by atoms with E-state index in [1.54, 1.807) is 23.9 Å². The van der Waals surface area contributed by atoms with Gasteiger partial charge in [0.25, 0.3) is 5.89 Å². The van der Waals surface area contributed by atoms with Gasteiger partial charge in [-0.2, -0.15) is 16.7 Å². The summed E-state index contributed by atoms with van der Waals surface area (Å²) in [7, 11) is 0. The first-order chi connectivity index (χ1) is 8.63. The van der Waals surface area contributed by atoms with E-state index in [2.05, 4.69) is 17.1 Å². The monoisotopic (exact) mass is 303 g/mol. The molecule has 0 radical (unpaired) electrons. The maximum absolute atomic E-state index is 6.08. The summed E-state index contributed by atoms with van der Waals surface area (Å²) in [6.07, 6.45) is 0. The molecule has 0 aliphatic heterocycles. The first-order valence-electron chi connectivity index (χ1n) is 5.27. The molecule has 1 aromatic carbocycles. The number of rotatable bonds is 4. The van der Waals surface area contributed by atoms with Crippen molar-refractivity contribution >= 4 is 40.7 Å². The fourth-order valence-corrected chi connectivity index (χ4v) is 2.30. The highest BCUT2D eigenvalue weighted by Gasteiger charge is 2.17. The predicted octanol–water partition coefficient (Wildman–Crippen LogP) is 3.88. The molecule has 0 fully saturated rings. The molecule has 2 aromatic rings.